The van der Waals surface area contributed by atoms with Crippen LogP contribution in [0.3, 0.4) is 0 Å². The average Bonchev–Trinajstić information content (AvgIpc) is 2.39. The van der Waals surface area contributed by atoms with Gasteiger partial charge in [-0.3, -0.25) is 4.90 Å². The lowest BCUT2D eigenvalue weighted by molar-refractivity contribution is 0.124. The van der Waals surface area contributed by atoms with Gasteiger partial charge in [0.05, 0.1) is 0 Å². The summed E-state index contributed by atoms with van der Waals surface area (Å²) in [7, 11) is 0. The van der Waals surface area contributed by atoms with E-state index < -0.39 is 0 Å². The fourth-order valence-electron chi connectivity index (χ4n) is 3.09. The van der Waals surface area contributed by atoms with Gasteiger partial charge in [0, 0.05) is 18.6 Å². The van der Waals surface area contributed by atoms with Gasteiger partial charge in [-0.15, -0.1) is 12.4 Å². The molecule has 1 aliphatic heterocycles. The molecule has 1 aromatic carbocycles. The lowest BCUT2D eigenvalue weighted by Gasteiger charge is -2.39. The van der Waals surface area contributed by atoms with E-state index in [-0.39, 0.29) is 24.3 Å². The third-order valence-corrected chi connectivity index (χ3v) is 4.22. The maximum absolute atomic E-state index is 12.9. The highest BCUT2D eigenvalue weighted by atomic mass is 35.5. The first-order valence-corrected chi connectivity index (χ1v) is 7.33. The molecule has 2 N–H and O–H groups in total. The number of benzene rings is 1. The number of nitrogens with zero attached hydrogens (tertiary/aromatic N) is 1. The van der Waals surface area contributed by atoms with Gasteiger partial charge in [0.25, 0.3) is 0 Å². The normalized spacial score (nSPS) is 22.9. The smallest absolute Gasteiger partial charge is 0.123 e. The number of nitrogens with two attached hydrogens (primary N) is 1. The van der Waals surface area contributed by atoms with Crippen LogP contribution in [0.4, 0.5) is 4.39 Å². The summed E-state index contributed by atoms with van der Waals surface area (Å²) < 4.78 is 12.9. The van der Waals surface area contributed by atoms with Gasteiger partial charge in [-0.25, -0.2) is 4.39 Å². The first-order chi connectivity index (χ1) is 9.08. The van der Waals surface area contributed by atoms with Gasteiger partial charge in [-0.2, -0.15) is 0 Å². The van der Waals surface area contributed by atoms with Crippen LogP contribution in [0.15, 0.2) is 24.3 Å². The molecular weight excluding hydrogens is 275 g/mol. The Morgan fingerprint density at radius 2 is 1.90 bits per heavy atom. The molecule has 1 aliphatic rings. The van der Waals surface area contributed by atoms with Crippen LogP contribution in [0.1, 0.15) is 44.6 Å². The molecule has 0 radical (unpaired) electrons. The van der Waals surface area contributed by atoms with E-state index in [9.17, 15) is 4.39 Å². The van der Waals surface area contributed by atoms with Gasteiger partial charge in [0.1, 0.15) is 5.82 Å². The molecule has 3 atom stereocenters. The van der Waals surface area contributed by atoms with E-state index in [4.69, 9.17) is 5.73 Å². The first kappa shape index (κ1) is 17.4. The zero-order valence-electron chi connectivity index (χ0n) is 12.4. The van der Waals surface area contributed by atoms with Gasteiger partial charge in [0.15, 0.2) is 0 Å². The lowest BCUT2D eigenvalue weighted by atomic mass is 9.93. The second-order valence-electron chi connectivity index (χ2n) is 5.87. The summed E-state index contributed by atoms with van der Waals surface area (Å²) in [5.74, 6) is 0.252. The molecule has 0 saturated carbocycles. The molecule has 4 heteroatoms. The summed E-state index contributed by atoms with van der Waals surface area (Å²) in [6.45, 7) is 6.46. The highest BCUT2D eigenvalue weighted by molar-refractivity contribution is 5.85. The summed E-state index contributed by atoms with van der Waals surface area (Å²) in [5, 5.41) is 0. The Morgan fingerprint density at radius 3 is 2.50 bits per heavy atom. The Hall–Kier alpha value is -0.640. The van der Waals surface area contributed by atoms with Crippen molar-refractivity contribution in [3.05, 3.63) is 35.6 Å². The van der Waals surface area contributed by atoms with Gasteiger partial charge in [-0.05, 0) is 49.9 Å². The Balaban J connectivity index is 0.00000200. The molecule has 1 heterocycles. The summed E-state index contributed by atoms with van der Waals surface area (Å²) in [6.07, 6.45) is 3.75. The number of halogens is 2. The fourth-order valence-corrected chi connectivity index (χ4v) is 3.09. The quantitative estimate of drug-likeness (QED) is 0.921. The highest BCUT2D eigenvalue weighted by Crippen LogP contribution is 2.24. The van der Waals surface area contributed by atoms with Crippen LogP contribution >= 0.6 is 12.4 Å². The van der Waals surface area contributed by atoms with Crippen LogP contribution in [-0.2, 0) is 0 Å². The Bertz CT molecular complexity index is 394. The molecule has 0 bridgehead atoms. The summed E-state index contributed by atoms with van der Waals surface area (Å²) >= 11 is 0. The minimum atomic E-state index is -0.164. The Morgan fingerprint density at radius 1 is 1.25 bits per heavy atom. The monoisotopic (exact) mass is 300 g/mol. The van der Waals surface area contributed by atoms with Crippen LogP contribution in [0.2, 0.25) is 0 Å². The summed E-state index contributed by atoms with van der Waals surface area (Å²) in [4.78, 5) is 2.52. The van der Waals surface area contributed by atoms with Crippen molar-refractivity contribution in [3.63, 3.8) is 0 Å². The zero-order valence-corrected chi connectivity index (χ0v) is 13.2. The molecule has 3 unspecified atom stereocenters. The van der Waals surface area contributed by atoms with Gasteiger partial charge in [0.2, 0.25) is 0 Å². The Kier molecular flexibility index (Phi) is 6.93. The van der Waals surface area contributed by atoms with E-state index in [1.807, 2.05) is 12.1 Å². The lowest BCUT2D eigenvalue weighted by Crippen LogP contribution is -2.50. The van der Waals surface area contributed by atoms with Crippen molar-refractivity contribution in [1.29, 1.82) is 0 Å². The predicted molar refractivity (Wildman–Crippen MR) is 84.9 cm³/mol. The van der Waals surface area contributed by atoms with Gasteiger partial charge < -0.3 is 5.73 Å². The topological polar surface area (TPSA) is 29.3 Å². The third-order valence-electron chi connectivity index (χ3n) is 4.22. The van der Waals surface area contributed by atoms with Crippen LogP contribution < -0.4 is 5.73 Å². The van der Waals surface area contributed by atoms with Crippen molar-refractivity contribution >= 4 is 12.4 Å². The zero-order chi connectivity index (χ0) is 13.8. The molecule has 114 valence electrons. The average molecular weight is 301 g/mol. The first-order valence-electron chi connectivity index (χ1n) is 7.33. The maximum Gasteiger partial charge on any atom is 0.123 e. The second-order valence-corrected chi connectivity index (χ2v) is 5.87. The summed E-state index contributed by atoms with van der Waals surface area (Å²) in [5.41, 5.74) is 7.30. The largest absolute Gasteiger partial charge is 0.327 e. The number of rotatable bonds is 4. The number of hydrogen-bond acceptors (Lipinski definition) is 2. The van der Waals surface area contributed by atoms with E-state index in [1.165, 1.54) is 24.8 Å². The van der Waals surface area contributed by atoms with Crippen LogP contribution in [0.25, 0.3) is 0 Å². The number of likely N-dealkylation sites (tertiary alicyclic amines) is 1. The molecule has 0 aliphatic carbocycles. The molecule has 0 spiro atoms. The highest BCUT2D eigenvalue weighted by Gasteiger charge is 2.26. The number of piperidine rings is 1. The van der Waals surface area contributed by atoms with Crippen molar-refractivity contribution < 1.29 is 4.39 Å². The molecule has 1 fully saturated rings. The molecule has 0 aromatic heterocycles. The van der Waals surface area contributed by atoms with E-state index in [1.54, 1.807) is 12.1 Å². The molecule has 0 amide bonds. The fraction of sp³-hybridized carbons (Fsp3) is 0.625. The van der Waals surface area contributed by atoms with Crippen LogP contribution in [-0.4, -0.2) is 30.1 Å². The number of hydrogen-bond donors (Lipinski definition) is 1. The molecular formula is C16H26ClFN2. The van der Waals surface area contributed by atoms with E-state index in [0.29, 0.717) is 12.0 Å². The van der Waals surface area contributed by atoms with Crippen molar-refractivity contribution in [1.82, 2.24) is 4.90 Å². The predicted octanol–water partition coefficient (Wildman–Crippen LogP) is 3.55. The SMILES string of the molecule is CC(CN1CCCCC1C(C)N)c1ccc(F)cc1.Cl. The standard InChI is InChI=1S/C16H25FN2.ClH/c1-12(14-6-8-15(17)9-7-14)11-19-10-4-3-5-16(19)13(2)18;/h6-9,12-13,16H,3-5,10-11,18H2,1-2H3;1H. The van der Waals surface area contributed by atoms with E-state index in [0.717, 1.165) is 13.1 Å². The van der Waals surface area contributed by atoms with Crippen molar-refractivity contribution in [2.24, 2.45) is 5.73 Å². The van der Waals surface area contributed by atoms with E-state index in [2.05, 4.69) is 18.7 Å². The van der Waals surface area contributed by atoms with Crippen molar-refractivity contribution in [2.75, 3.05) is 13.1 Å². The second kappa shape index (κ2) is 7.96. The Labute approximate surface area is 127 Å². The van der Waals surface area contributed by atoms with Gasteiger partial charge >= 0.3 is 0 Å². The molecule has 2 nitrogen and oxygen atoms in total. The third kappa shape index (κ3) is 4.44. The summed E-state index contributed by atoms with van der Waals surface area (Å²) in [6, 6.07) is 7.60. The van der Waals surface area contributed by atoms with Crippen LogP contribution in [0, 0.1) is 5.82 Å². The van der Waals surface area contributed by atoms with Gasteiger partial charge in [-0.1, -0.05) is 25.5 Å². The van der Waals surface area contributed by atoms with Crippen molar-refractivity contribution in [2.45, 2.75) is 51.1 Å². The maximum atomic E-state index is 12.9. The molecule has 2 rings (SSSR count). The minimum absolute atomic E-state index is 0. The molecule has 1 saturated heterocycles. The van der Waals surface area contributed by atoms with Crippen molar-refractivity contribution in [3.8, 4) is 0 Å². The van der Waals surface area contributed by atoms with Crippen LogP contribution in [0.5, 0.6) is 0 Å². The minimum Gasteiger partial charge on any atom is -0.327 e. The molecule has 20 heavy (non-hydrogen) atoms. The molecule has 1 aromatic rings. The van der Waals surface area contributed by atoms with E-state index >= 15 is 0 Å².